The molecule has 1 N–H and O–H groups in total. The molecule has 0 saturated carbocycles. The highest BCUT2D eigenvalue weighted by Gasteiger charge is 2.22. The average molecular weight is 538 g/mol. The fourth-order valence-electron chi connectivity index (χ4n) is 4.77. The Labute approximate surface area is 235 Å². The Hall–Kier alpha value is -4.36. The number of hydrogen-bond acceptors (Lipinski definition) is 5. The molecule has 1 aliphatic heterocycles. The molecule has 5 rings (SSSR count). The minimum absolute atomic E-state index is 0.205. The molecule has 3 aromatic carbocycles. The van der Waals surface area contributed by atoms with Gasteiger partial charge in [-0.2, -0.15) is 0 Å². The largest absolute Gasteiger partial charge is 0.456 e. The number of fused-ring (bicyclic) bond motifs is 1. The van der Waals surface area contributed by atoms with Crippen molar-refractivity contribution in [1.82, 2.24) is 9.80 Å². The Bertz CT molecular complexity index is 1470. The van der Waals surface area contributed by atoms with Crippen LogP contribution in [0.2, 0.25) is 0 Å². The molecular formula is C33H35N3O4. The number of anilines is 1. The first-order chi connectivity index (χ1) is 19.6. The third kappa shape index (κ3) is 6.98. The van der Waals surface area contributed by atoms with Crippen LogP contribution in [0.1, 0.15) is 30.9 Å². The minimum atomic E-state index is -0.207. The second-order valence-corrected chi connectivity index (χ2v) is 9.99. The number of nitrogens with one attached hydrogen (secondary N) is 1. The lowest BCUT2D eigenvalue weighted by Crippen LogP contribution is -2.48. The molecule has 40 heavy (non-hydrogen) atoms. The van der Waals surface area contributed by atoms with Gasteiger partial charge in [-0.25, -0.2) is 4.79 Å². The molecule has 1 fully saturated rings. The summed E-state index contributed by atoms with van der Waals surface area (Å²) in [7, 11) is 0. The number of hydrogen-bond donors (Lipinski definition) is 1. The Morgan fingerprint density at radius 2 is 1.73 bits per heavy atom. The third-order valence-corrected chi connectivity index (χ3v) is 7.02. The zero-order chi connectivity index (χ0) is 27.7. The van der Waals surface area contributed by atoms with Crippen molar-refractivity contribution in [2.45, 2.75) is 26.3 Å². The van der Waals surface area contributed by atoms with E-state index in [2.05, 4.69) is 35.3 Å². The molecule has 2 heterocycles. The third-order valence-electron chi connectivity index (χ3n) is 7.02. The normalized spacial score (nSPS) is 14.1. The van der Waals surface area contributed by atoms with Crippen LogP contribution in [0.15, 0.2) is 89.4 Å². The van der Waals surface area contributed by atoms with E-state index in [1.807, 2.05) is 60.7 Å². The van der Waals surface area contributed by atoms with E-state index < -0.39 is 0 Å². The predicted octanol–water partition coefficient (Wildman–Crippen LogP) is 6.81. The quantitative estimate of drug-likeness (QED) is 0.188. The SMILES string of the molecule is CCCCOC(=O)N1CCN(Cc2ccc3cc(-c4ccccc4NC(=O)C=Cc4ccccc4)oc3c2)CC1. The second kappa shape index (κ2) is 13.1. The summed E-state index contributed by atoms with van der Waals surface area (Å²) in [5.74, 6) is 0.495. The van der Waals surface area contributed by atoms with Crippen LogP contribution in [0.3, 0.4) is 0 Å². The van der Waals surface area contributed by atoms with E-state index in [4.69, 9.17) is 9.15 Å². The van der Waals surface area contributed by atoms with Gasteiger partial charge in [-0.1, -0.05) is 67.9 Å². The van der Waals surface area contributed by atoms with E-state index in [0.29, 0.717) is 31.1 Å². The first-order valence-electron chi connectivity index (χ1n) is 13.9. The number of carbonyl (C=O) groups excluding carboxylic acids is 2. The van der Waals surface area contributed by atoms with Gasteiger partial charge < -0.3 is 19.4 Å². The number of furan rings is 1. The van der Waals surface area contributed by atoms with Crippen molar-refractivity contribution in [3.8, 4) is 11.3 Å². The first-order valence-corrected chi connectivity index (χ1v) is 13.9. The lowest BCUT2D eigenvalue weighted by molar-refractivity contribution is -0.111. The standard InChI is InChI=1S/C33H35N3O4/c1-2-3-21-39-33(38)36-19-17-35(18-20-36)24-26-13-15-27-23-31(40-30(27)22-26)28-11-7-8-12-29(28)34-32(37)16-14-25-9-5-4-6-10-25/h4-16,22-23H,2-3,17-21,24H2,1H3,(H,34,37). The summed E-state index contributed by atoms with van der Waals surface area (Å²) < 4.78 is 11.6. The maximum Gasteiger partial charge on any atom is 0.409 e. The fourth-order valence-corrected chi connectivity index (χ4v) is 4.77. The summed E-state index contributed by atoms with van der Waals surface area (Å²) >= 11 is 0. The molecule has 7 heteroatoms. The summed E-state index contributed by atoms with van der Waals surface area (Å²) in [6, 6.07) is 25.6. The van der Waals surface area contributed by atoms with Gasteiger partial charge in [-0.3, -0.25) is 9.69 Å². The summed E-state index contributed by atoms with van der Waals surface area (Å²) in [5.41, 5.74) is 4.43. The Morgan fingerprint density at radius 3 is 2.52 bits per heavy atom. The fraction of sp³-hybridized carbons (Fsp3) is 0.273. The molecule has 1 aromatic heterocycles. The number of carbonyl (C=O) groups is 2. The first kappa shape index (κ1) is 27.2. The Balaban J connectivity index is 1.22. The molecule has 0 bridgehead atoms. The van der Waals surface area contributed by atoms with Crippen molar-refractivity contribution < 1.29 is 18.7 Å². The number of unbranched alkanes of at least 4 members (excludes halogenated alkanes) is 1. The number of piperazine rings is 1. The number of rotatable bonds is 9. The number of ether oxygens (including phenoxy) is 1. The van der Waals surface area contributed by atoms with Crippen LogP contribution in [-0.4, -0.2) is 54.6 Å². The molecule has 0 spiro atoms. The number of nitrogens with zero attached hydrogens (tertiary/aromatic N) is 2. The highest BCUT2D eigenvalue weighted by Crippen LogP contribution is 2.33. The van der Waals surface area contributed by atoms with Crippen LogP contribution in [0.25, 0.3) is 28.4 Å². The van der Waals surface area contributed by atoms with Crippen LogP contribution in [-0.2, 0) is 16.1 Å². The smallest absolute Gasteiger partial charge is 0.409 e. The minimum Gasteiger partial charge on any atom is -0.456 e. The highest BCUT2D eigenvalue weighted by atomic mass is 16.6. The lowest BCUT2D eigenvalue weighted by atomic mass is 10.1. The van der Waals surface area contributed by atoms with Crippen molar-refractivity contribution in [3.05, 3.63) is 96.1 Å². The maximum atomic E-state index is 12.6. The second-order valence-electron chi connectivity index (χ2n) is 9.99. The highest BCUT2D eigenvalue weighted by molar-refractivity contribution is 6.04. The van der Waals surface area contributed by atoms with Crippen LogP contribution < -0.4 is 5.32 Å². The average Bonchev–Trinajstić information content (AvgIpc) is 3.41. The molecule has 0 radical (unpaired) electrons. The van der Waals surface area contributed by atoms with Gasteiger partial charge >= 0.3 is 6.09 Å². The summed E-state index contributed by atoms with van der Waals surface area (Å²) in [6.07, 6.45) is 5.03. The molecule has 4 aromatic rings. The molecule has 1 aliphatic rings. The number of benzene rings is 3. The molecule has 2 amide bonds. The summed E-state index contributed by atoms with van der Waals surface area (Å²) in [5, 5.41) is 3.99. The van der Waals surface area contributed by atoms with Crippen molar-refractivity contribution in [1.29, 1.82) is 0 Å². The molecular weight excluding hydrogens is 502 g/mol. The van der Waals surface area contributed by atoms with Crippen molar-refractivity contribution in [2.24, 2.45) is 0 Å². The molecule has 0 aliphatic carbocycles. The Morgan fingerprint density at radius 1 is 0.950 bits per heavy atom. The van der Waals surface area contributed by atoms with E-state index in [0.717, 1.165) is 60.1 Å². The monoisotopic (exact) mass is 537 g/mol. The van der Waals surface area contributed by atoms with Crippen molar-refractivity contribution >= 4 is 34.7 Å². The van der Waals surface area contributed by atoms with E-state index in [1.54, 1.807) is 11.0 Å². The van der Waals surface area contributed by atoms with Crippen molar-refractivity contribution in [3.63, 3.8) is 0 Å². The van der Waals surface area contributed by atoms with Crippen molar-refractivity contribution in [2.75, 3.05) is 38.1 Å². The Kier molecular flexibility index (Phi) is 8.93. The summed E-state index contributed by atoms with van der Waals surface area (Å²) in [6.45, 7) is 6.29. The molecule has 0 unspecified atom stereocenters. The lowest BCUT2D eigenvalue weighted by Gasteiger charge is -2.34. The van der Waals surface area contributed by atoms with Crippen LogP contribution in [0, 0.1) is 0 Å². The van der Waals surface area contributed by atoms with Gasteiger partial charge in [-0.15, -0.1) is 0 Å². The number of para-hydroxylation sites is 1. The molecule has 0 atom stereocenters. The molecule has 206 valence electrons. The maximum absolute atomic E-state index is 12.6. The topological polar surface area (TPSA) is 75.0 Å². The van der Waals surface area contributed by atoms with E-state index in [-0.39, 0.29) is 12.0 Å². The zero-order valence-corrected chi connectivity index (χ0v) is 22.8. The predicted molar refractivity (Wildman–Crippen MR) is 159 cm³/mol. The summed E-state index contributed by atoms with van der Waals surface area (Å²) in [4.78, 5) is 29.0. The van der Waals surface area contributed by atoms with Crippen LogP contribution in [0.5, 0.6) is 0 Å². The number of amides is 2. The van der Waals surface area contributed by atoms with Gasteiger partial charge in [-0.05, 0) is 47.9 Å². The van der Waals surface area contributed by atoms with Gasteiger partial charge in [0.2, 0.25) is 5.91 Å². The van der Waals surface area contributed by atoms with E-state index >= 15 is 0 Å². The van der Waals surface area contributed by atoms with Crippen LogP contribution in [0.4, 0.5) is 10.5 Å². The molecule has 7 nitrogen and oxygen atoms in total. The zero-order valence-electron chi connectivity index (χ0n) is 22.8. The van der Waals surface area contributed by atoms with E-state index in [1.165, 1.54) is 6.08 Å². The van der Waals surface area contributed by atoms with Crippen LogP contribution >= 0.6 is 0 Å². The molecule has 1 saturated heterocycles. The van der Waals surface area contributed by atoms with Gasteiger partial charge in [0.25, 0.3) is 0 Å². The van der Waals surface area contributed by atoms with Gasteiger partial charge in [0.15, 0.2) is 0 Å². The van der Waals surface area contributed by atoms with E-state index in [9.17, 15) is 9.59 Å². The van der Waals surface area contributed by atoms with Gasteiger partial charge in [0.05, 0.1) is 12.3 Å². The van der Waals surface area contributed by atoms with Gasteiger partial charge in [0.1, 0.15) is 11.3 Å². The van der Waals surface area contributed by atoms with Gasteiger partial charge in [0, 0.05) is 49.7 Å².